The van der Waals surface area contributed by atoms with Crippen LogP contribution in [0.15, 0.2) is 70.5 Å². The van der Waals surface area contributed by atoms with E-state index >= 15 is 0 Å². The fourth-order valence-corrected chi connectivity index (χ4v) is 3.20. The first-order chi connectivity index (χ1) is 13.1. The molecule has 2 aliphatic heterocycles. The highest BCUT2D eigenvalue weighted by molar-refractivity contribution is 6.40. The van der Waals surface area contributed by atoms with Crippen LogP contribution in [0.5, 0.6) is 0 Å². The molecular weight excluding hydrogens is 340 g/mol. The molecule has 0 bridgehead atoms. The number of amides is 3. The number of urea groups is 1. The summed E-state index contributed by atoms with van der Waals surface area (Å²) in [5.41, 5.74) is 4.42. The predicted octanol–water partition coefficient (Wildman–Crippen LogP) is 3.66. The number of benzene rings is 1. The van der Waals surface area contributed by atoms with Gasteiger partial charge >= 0.3 is 6.03 Å². The summed E-state index contributed by atoms with van der Waals surface area (Å²) >= 11 is 0. The first-order valence-electron chi connectivity index (χ1n) is 8.79. The first kappa shape index (κ1) is 17.0. The molecule has 2 aliphatic rings. The zero-order valence-corrected chi connectivity index (χ0v) is 14.9. The van der Waals surface area contributed by atoms with E-state index in [1.54, 1.807) is 24.5 Å². The Morgan fingerprint density at radius 3 is 2.78 bits per heavy atom. The number of aliphatic imine (C=N–C) groups is 2. The zero-order valence-electron chi connectivity index (χ0n) is 14.9. The van der Waals surface area contributed by atoms with Crippen molar-refractivity contribution in [2.24, 2.45) is 9.98 Å². The van der Waals surface area contributed by atoms with Crippen molar-refractivity contribution in [1.82, 2.24) is 4.98 Å². The molecule has 0 atom stereocenters. The van der Waals surface area contributed by atoms with Crippen LogP contribution in [0.2, 0.25) is 0 Å². The van der Waals surface area contributed by atoms with Gasteiger partial charge in [-0.2, -0.15) is 4.99 Å². The lowest BCUT2D eigenvalue weighted by Crippen LogP contribution is -2.43. The van der Waals surface area contributed by atoms with Gasteiger partial charge in [-0.15, -0.1) is 0 Å². The highest BCUT2D eigenvalue weighted by Gasteiger charge is 2.35. The maximum Gasteiger partial charge on any atom is 0.355 e. The third-order valence-electron chi connectivity index (χ3n) is 4.60. The molecule has 134 valence electrons. The van der Waals surface area contributed by atoms with Crippen molar-refractivity contribution in [3.05, 3.63) is 71.7 Å². The maximum absolute atomic E-state index is 12.8. The van der Waals surface area contributed by atoms with Crippen LogP contribution in [0.3, 0.4) is 0 Å². The van der Waals surface area contributed by atoms with Gasteiger partial charge in [0.25, 0.3) is 5.91 Å². The van der Waals surface area contributed by atoms with Crippen molar-refractivity contribution >= 4 is 29.0 Å². The van der Waals surface area contributed by atoms with Gasteiger partial charge in [-0.3, -0.25) is 14.8 Å². The number of carbonyl (C=O) groups excluding carboxylic acids is 2. The van der Waals surface area contributed by atoms with Gasteiger partial charge < -0.3 is 0 Å². The quantitative estimate of drug-likeness (QED) is 0.837. The molecule has 1 aromatic carbocycles. The van der Waals surface area contributed by atoms with Crippen molar-refractivity contribution in [2.45, 2.75) is 26.2 Å². The normalized spacial score (nSPS) is 16.5. The minimum absolute atomic E-state index is 0.370. The van der Waals surface area contributed by atoms with Gasteiger partial charge in [0.2, 0.25) is 0 Å². The predicted molar refractivity (Wildman–Crippen MR) is 104 cm³/mol. The smallest absolute Gasteiger partial charge is 0.268 e. The van der Waals surface area contributed by atoms with Gasteiger partial charge in [-0.25, -0.2) is 9.69 Å². The van der Waals surface area contributed by atoms with Crippen LogP contribution in [0.1, 0.15) is 24.0 Å². The molecule has 0 aliphatic carbocycles. The Kier molecular flexibility index (Phi) is 4.46. The number of aromatic nitrogens is 1. The third kappa shape index (κ3) is 3.46. The van der Waals surface area contributed by atoms with E-state index in [0.717, 1.165) is 34.6 Å². The third-order valence-corrected chi connectivity index (χ3v) is 4.60. The number of aryl methyl sites for hydroxylation is 2. The lowest BCUT2D eigenvalue weighted by molar-refractivity contribution is -0.114. The summed E-state index contributed by atoms with van der Waals surface area (Å²) in [6.45, 7) is 1.91. The molecule has 1 aromatic heterocycles. The van der Waals surface area contributed by atoms with Crippen LogP contribution in [-0.2, 0) is 11.2 Å². The number of rotatable bonds is 4. The van der Waals surface area contributed by atoms with E-state index in [-0.39, 0.29) is 5.91 Å². The number of hydrogen-bond donors (Lipinski definition) is 0. The summed E-state index contributed by atoms with van der Waals surface area (Å²) in [4.78, 5) is 39.2. The maximum atomic E-state index is 12.8. The van der Waals surface area contributed by atoms with Crippen molar-refractivity contribution in [2.75, 3.05) is 4.90 Å². The monoisotopic (exact) mass is 358 g/mol. The topological polar surface area (TPSA) is 75.0 Å². The van der Waals surface area contributed by atoms with Gasteiger partial charge in [0.15, 0.2) is 0 Å². The highest BCUT2D eigenvalue weighted by atomic mass is 16.2. The van der Waals surface area contributed by atoms with Crippen molar-refractivity contribution in [3.8, 4) is 0 Å². The summed E-state index contributed by atoms with van der Waals surface area (Å²) in [6.07, 6.45) is 7.07. The second-order valence-corrected chi connectivity index (χ2v) is 6.60. The average molecular weight is 358 g/mol. The van der Waals surface area contributed by atoms with Gasteiger partial charge in [-0.05, 0) is 49.1 Å². The molecule has 0 unspecified atom stereocenters. The second-order valence-electron chi connectivity index (χ2n) is 6.60. The summed E-state index contributed by atoms with van der Waals surface area (Å²) in [5, 5.41) is 0. The molecular formula is C21H18N4O2. The number of pyridine rings is 1. The van der Waals surface area contributed by atoms with Crippen LogP contribution in [0.25, 0.3) is 0 Å². The van der Waals surface area contributed by atoms with Crippen LogP contribution in [0.4, 0.5) is 10.5 Å². The fraction of sp³-hybridized carbons (Fsp3) is 0.190. The van der Waals surface area contributed by atoms with Crippen molar-refractivity contribution in [3.63, 3.8) is 0 Å². The van der Waals surface area contributed by atoms with Crippen molar-refractivity contribution < 1.29 is 9.59 Å². The Balaban J connectivity index is 1.56. The summed E-state index contributed by atoms with van der Waals surface area (Å²) in [5.74, 6) is -0.370. The van der Waals surface area contributed by atoms with E-state index < -0.39 is 6.03 Å². The van der Waals surface area contributed by atoms with Gasteiger partial charge in [-0.1, -0.05) is 18.2 Å². The molecule has 0 N–H and O–H groups in total. The molecule has 27 heavy (non-hydrogen) atoms. The van der Waals surface area contributed by atoms with Crippen LogP contribution < -0.4 is 4.90 Å². The minimum Gasteiger partial charge on any atom is -0.268 e. The van der Waals surface area contributed by atoms with E-state index in [2.05, 4.69) is 15.0 Å². The van der Waals surface area contributed by atoms with Crippen LogP contribution in [-0.4, -0.2) is 28.3 Å². The zero-order chi connectivity index (χ0) is 18.8. The highest BCUT2D eigenvalue weighted by Crippen LogP contribution is 2.26. The SMILES string of the molecule is Cc1cccc(N2C(=O)N=C3CC(CCc4cccnc4)=NC=C3C2=O)c1. The van der Waals surface area contributed by atoms with E-state index in [1.807, 2.05) is 37.4 Å². The standard InChI is InChI=1S/C21H18N4O2/c1-14-4-2-6-17(10-14)25-20(26)18-13-23-16(11-19(18)24-21(25)27)8-7-15-5-3-9-22-12-15/h2-6,9-10,12-13H,7-8,11H2,1H3. The van der Waals surface area contributed by atoms with Gasteiger partial charge in [0, 0.05) is 30.7 Å². The summed E-state index contributed by atoms with van der Waals surface area (Å²) in [7, 11) is 0. The Hall–Kier alpha value is -3.41. The number of imide groups is 1. The number of hydrogen-bond acceptors (Lipinski definition) is 4. The van der Waals surface area contributed by atoms with Crippen molar-refractivity contribution in [1.29, 1.82) is 0 Å². The number of carbonyl (C=O) groups is 2. The molecule has 2 aromatic rings. The Bertz CT molecular complexity index is 1010. The lowest BCUT2D eigenvalue weighted by Gasteiger charge is -2.27. The molecule has 0 saturated heterocycles. The average Bonchev–Trinajstić information content (AvgIpc) is 2.67. The summed E-state index contributed by atoms with van der Waals surface area (Å²) in [6, 6.07) is 10.6. The van der Waals surface area contributed by atoms with E-state index in [9.17, 15) is 9.59 Å². The number of nitrogens with zero attached hydrogens (tertiary/aromatic N) is 4. The van der Waals surface area contributed by atoms with Crippen LogP contribution >= 0.6 is 0 Å². The molecule has 3 amide bonds. The Morgan fingerprint density at radius 2 is 2.00 bits per heavy atom. The summed E-state index contributed by atoms with van der Waals surface area (Å²) < 4.78 is 0. The van der Waals surface area contributed by atoms with Crippen LogP contribution in [0, 0.1) is 6.92 Å². The van der Waals surface area contributed by atoms with Gasteiger partial charge in [0.05, 0.1) is 17.0 Å². The minimum atomic E-state index is -0.550. The lowest BCUT2D eigenvalue weighted by atomic mass is 9.96. The molecule has 6 heteroatoms. The largest absolute Gasteiger partial charge is 0.355 e. The molecule has 0 fully saturated rings. The molecule has 4 rings (SSSR count). The number of anilines is 1. The molecule has 3 heterocycles. The Morgan fingerprint density at radius 1 is 1.11 bits per heavy atom. The van der Waals surface area contributed by atoms with E-state index in [1.165, 1.54) is 0 Å². The fourth-order valence-electron chi connectivity index (χ4n) is 3.20. The van der Waals surface area contributed by atoms with Gasteiger partial charge in [0.1, 0.15) is 0 Å². The molecule has 6 nitrogen and oxygen atoms in total. The number of fused-ring (bicyclic) bond motifs is 1. The van der Waals surface area contributed by atoms with E-state index in [4.69, 9.17) is 0 Å². The molecule has 0 spiro atoms. The molecule has 0 saturated carbocycles. The first-order valence-corrected chi connectivity index (χ1v) is 8.79. The van der Waals surface area contributed by atoms with E-state index in [0.29, 0.717) is 23.4 Å². The molecule has 0 radical (unpaired) electrons. The Labute approximate surface area is 157 Å². The second kappa shape index (κ2) is 7.07.